The lowest BCUT2D eigenvalue weighted by molar-refractivity contribution is -0.870. The Bertz CT molecular complexity index is 199. The minimum Gasteiger partial charge on any atom is -0.336 e. The Morgan fingerprint density at radius 1 is 1.58 bits per heavy atom. The summed E-state index contributed by atoms with van der Waals surface area (Å²) < 4.78 is 0.665. The zero-order chi connectivity index (χ0) is 9.78. The van der Waals surface area contributed by atoms with E-state index in [9.17, 15) is 4.79 Å². The number of nitrogens with one attached hydrogen (secondary N) is 1. The van der Waals surface area contributed by atoms with Gasteiger partial charge in [0.15, 0.2) is 6.04 Å². The maximum absolute atomic E-state index is 10.6. The fraction of sp³-hybridized carbons (Fsp3) is 0.750. The van der Waals surface area contributed by atoms with E-state index in [0.29, 0.717) is 11.0 Å². The number of nitriles is 1. The summed E-state index contributed by atoms with van der Waals surface area (Å²) in [5.74, 6) is -0.157. The SMILES string of the molecule is CC(=O)NC(C#N)C[N+](C)(C)C. The van der Waals surface area contributed by atoms with Gasteiger partial charge in [0.1, 0.15) is 6.54 Å². The zero-order valence-corrected chi connectivity index (χ0v) is 8.09. The smallest absolute Gasteiger partial charge is 0.218 e. The van der Waals surface area contributed by atoms with Gasteiger partial charge in [-0.1, -0.05) is 0 Å². The molecule has 4 nitrogen and oxygen atoms in total. The summed E-state index contributed by atoms with van der Waals surface area (Å²) in [6.07, 6.45) is 0. The average molecular weight is 170 g/mol. The van der Waals surface area contributed by atoms with Gasteiger partial charge in [0.25, 0.3) is 0 Å². The Balaban J connectivity index is 4.03. The maximum atomic E-state index is 10.6. The third kappa shape index (κ3) is 5.69. The molecule has 0 aliphatic rings. The van der Waals surface area contributed by atoms with Crippen LogP contribution in [-0.4, -0.2) is 44.1 Å². The van der Waals surface area contributed by atoms with Crippen molar-refractivity contribution in [2.45, 2.75) is 13.0 Å². The minimum absolute atomic E-state index is 0.157. The molecule has 1 atom stereocenters. The van der Waals surface area contributed by atoms with E-state index in [1.807, 2.05) is 27.2 Å². The number of amides is 1. The van der Waals surface area contributed by atoms with E-state index in [2.05, 4.69) is 5.32 Å². The van der Waals surface area contributed by atoms with Crippen molar-refractivity contribution in [2.75, 3.05) is 27.7 Å². The molecule has 0 saturated heterocycles. The van der Waals surface area contributed by atoms with E-state index in [4.69, 9.17) is 5.26 Å². The third-order valence-electron chi connectivity index (χ3n) is 1.26. The molecule has 1 N–H and O–H groups in total. The van der Waals surface area contributed by atoms with Crippen LogP contribution in [0.4, 0.5) is 0 Å². The fourth-order valence-electron chi connectivity index (χ4n) is 0.912. The highest BCUT2D eigenvalue weighted by Crippen LogP contribution is 1.93. The van der Waals surface area contributed by atoms with E-state index in [-0.39, 0.29) is 11.9 Å². The van der Waals surface area contributed by atoms with Gasteiger partial charge < -0.3 is 9.80 Å². The molecular weight excluding hydrogens is 154 g/mol. The molecule has 0 spiro atoms. The molecular formula is C8H16N3O+. The number of carbonyl (C=O) groups is 1. The molecule has 0 aliphatic heterocycles. The number of hydrogen-bond acceptors (Lipinski definition) is 2. The van der Waals surface area contributed by atoms with Crippen LogP contribution in [0.15, 0.2) is 0 Å². The highest BCUT2D eigenvalue weighted by atomic mass is 16.1. The van der Waals surface area contributed by atoms with Crippen LogP contribution in [0.1, 0.15) is 6.92 Å². The molecule has 0 aromatic heterocycles. The molecule has 0 saturated carbocycles. The molecule has 0 rings (SSSR count). The lowest BCUT2D eigenvalue weighted by Gasteiger charge is -2.26. The van der Waals surface area contributed by atoms with Crippen LogP contribution in [0.3, 0.4) is 0 Å². The van der Waals surface area contributed by atoms with Crippen molar-refractivity contribution in [3.05, 3.63) is 0 Å². The van der Waals surface area contributed by atoms with Crippen molar-refractivity contribution in [1.29, 1.82) is 5.26 Å². The van der Waals surface area contributed by atoms with E-state index >= 15 is 0 Å². The molecule has 68 valence electrons. The van der Waals surface area contributed by atoms with Crippen molar-refractivity contribution in [1.82, 2.24) is 5.32 Å². The van der Waals surface area contributed by atoms with Gasteiger partial charge in [-0.15, -0.1) is 0 Å². The van der Waals surface area contributed by atoms with E-state index < -0.39 is 0 Å². The Hall–Kier alpha value is -1.08. The second-order valence-corrected chi connectivity index (χ2v) is 3.86. The van der Waals surface area contributed by atoms with Gasteiger partial charge in [-0.05, 0) is 0 Å². The average Bonchev–Trinajstić information content (AvgIpc) is 1.82. The van der Waals surface area contributed by atoms with Crippen molar-refractivity contribution in [3.8, 4) is 6.07 Å². The molecule has 0 fully saturated rings. The van der Waals surface area contributed by atoms with Gasteiger partial charge in [0.2, 0.25) is 5.91 Å². The molecule has 1 amide bonds. The number of nitrogens with zero attached hydrogens (tertiary/aromatic N) is 2. The lowest BCUT2D eigenvalue weighted by atomic mass is 10.3. The second-order valence-electron chi connectivity index (χ2n) is 3.86. The number of carbonyl (C=O) groups excluding carboxylic acids is 1. The predicted molar refractivity (Wildman–Crippen MR) is 46.1 cm³/mol. The van der Waals surface area contributed by atoms with E-state index in [0.717, 1.165) is 0 Å². The number of rotatable bonds is 3. The quantitative estimate of drug-likeness (QED) is 0.592. The monoisotopic (exact) mass is 170 g/mol. The minimum atomic E-state index is -0.387. The Labute approximate surface area is 73.4 Å². The van der Waals surface area contributed by atoms with Crippen LogP contribution >= 0.6 is 0 Å². The summed E-state index contributed by atoms with van der Waals surface area (Å²) in [5.41, 5.74) is 0. The Morgan fingerprint density at radius 2 is 2.08 bits per heavy atom. The van der Waals surface area contributed by atoms with Gasteiger partial charge >= 0.3 is 0 Å². The highest BCUT2D eigenvalue weighted by molar-refractivity contribution is 5.73. The number of hydrogen-bond donors (Lipinski definition) is 1. The zero-order valence-electron chi connectivity index (χ0n) is 8.09. The summed E-state index contributed by atoms with van der Waals surface area (Å²) in [5, 5.41) is 11.2. The number of likely N-dealkylation sites (N-methyl/N-ethyl adjacent to an activating group) is 1. The number of quaternary nitrogens is 1. The normalized spacial score (nSPS) is 13.2. The molecule has 0 bridgehead atoms. The largest absolute Gasteiger partial charge is 0.336 e. The van der Waals surface area contributed by atoms with Crippen LogP contribution in [-0.2, 0) is 4.79 Å². The molecule has 0 aromatic rings. The van der Waals surface area contributed by atoms with E-state index in [1.165, 1.54) is 6.92 Å². The summed E-state index contributed by atoms with van der Waals surface area (Å²) in [6, 6.07) is 1.66. The van der Waals surface area contributed by atoms with Gasteiger partial charge in [0.05, 0.1) is 27.2 Å². The molecule has 0 aliphatic carbocycles. The van der Waals surface area contributed by atoms with Gasteiger partial charge in [0, 0.05) is 6.92 Å². The fourth-order valence-corrected chi connectivity index (χ4v) is 0.912. The third-order valence-corrected chi connectivity index (χ3v) is 1.26. The van der Waals surface area contributed by atoms with Crippen molar-refractivity contribution >= 4 is 5.91 Å². The molecule has 1 unspecified atom stereocenters. The molecule has 0 radical (unpaired) electrons. The van der Waals surface area contributed by atoms with Crippen LogP contribution < -0.4 is 5.32 Å². The first-order chi connectivity index (χ1) is 5.35. The summed E-state index contributed by atoms with van der Waals surface area (Å²) in [7, 11) is 5.93. The topological polar surface area (TPSA) is 52.9 Å². The summed E-state index contributed by atoms with van der Waals surface area (Å²) >= 11 is 0. The Morgan fingerprint density at radius 3 is 2.33 bits per heavy atom. The van der Waals surface area contributed by atoms with Crippen molar-refractivity contribution < 1.29 is 9.28 Å². The highest BCUT2D eigenvalue weighted by Gasteiger charge is 2.17. The van der Waals surface area contributed by atoms with Crippen LogP contribution in [0, 0.1) is 11.3 Å². The van der Waals surface area contributed by atoms with Gasteiger partial charge in [-0.3, -0.25) is 4.79 Å². The first-order valence-corrected chi connectivity index (χ1v) is 3.82. The van der Waals surface area contributed by atoms with Gasteiger partial charge in [-0.25, -0.2) is 0 Å². The van der Waals surface area contributed by atoms with E-state index in [1.54, 1.807) is 0 Å². The van der Waals surface area contributed by atoms with Crippen molar-refractivity contribution in [3.63, 3.8) is 0 Å². The molecule has 0 aromatic carbocycles. The standard InChI is InChI=1S/C8H15N3O/c1-7(12)10-8(5-9)6-11(2,3)4/h8H,6H2,1-4H3/p+1. The molecule has 12 heavy (non-hydrogen) atoms. The summed E-state index contributed by atoms with van der Waals surface area (Å²) in [4.78, 5) is 10.6. The van der Waals surface area contributed by atoms with Crippen LogP contribution in [0.2, 0.25) is 0 Å². The predicted octanol–water partition coefficient (Wildman–Crippen LogP) is -0.279. The Kier molecular flexibility index (Phi) is 3.71. The first kappa shape index (κ1) is 10.9. The summed E-state index contributed by atoms with van der Waals surface area (Å²) in [6.45, 7) is 2.04. The first-order valence-electron chi connectivity index (χ1n) is 3.82. The second kappa shape index (κ2) is 4.07. The molecule has 0 heterocycles. The van der Waals surface area contributed by atoms with Crippen LogP contribution in [0.25, 0.3) is 0 Å². The molecule has 4 heteroatoms. The van der Waals surface area contributed by atoms with Crippen molar-refractivity contribution in [2.24, 2.45) is 0 Å². The lowest BCUT2D eigenvalue weighted by Crippen LogP contribution is -2.47. The van der Waals surface area contributed by atoms with Gasteiger partial charge in [-0.2, -0.15) is 5.26 Å². The maximum Gasteiger partial charge on any atom is 0.218 e. The van der Waals surface area contributed by atoms with Crippen LogP contribution in [0.5, 0.6) is 0 Å².